The fourth-order valence-electron chi connectivity index (χ4n) is 1.46. The van der Waals surface area contributed by atoms with Gasteiger partial charge < -0.3 is 5.11 Å². The summed E-state index contributed by atoms with van der Waals surface area (Å²) in [5.41, 5.74) is 0. The molecule has 0 aromatic heterocycles. The lowest BCUT2D eigenvalue weighted by Crippen LogP contribution is -2.75. The predicted octanol–water partition coefficient (Wildman–Crippen LogP) is 5.33. The van der Waals surface area contributed by atoms with Gasteiger partial charge in [-0.15, -0.1) is 0 Å². The van der Waals surface area contributed by atoms with Crippen LogP contribution >= 0.6 is 0 Å². The summed E-state index contributed by atoms with van der Waals surface area (Å²) in [6.07, 6.45) is -5.99. The fourth-order valence-corrected chi connectivity index (χ4v) is 1.46. The third-order valence-electron chi connectivity index (χ3n) is 3.32. The first-order valence-corrected chi connectivity index (χ1v) is 6.17. The van der Waals surface area contributed by atoms with Crippen molar-refractivity contribution in [3.8, 4) is 0 Å². The van der Waals surface area contributed by atoms with Crippen molar-refractivity contribution in [2.45, 2.75) is 53.8 Å². The van der Waals surface area contributed by atoms with Crippen molar-refractivity contribution in [3.05, 3.63) is 0 Å². The minimum absolute atomic E-state index is 3.49. The Morgan fingerprint density at radius 3 is 0.931 bits per heavy atom. The fraction of sp³-hybridized carbons (Fsp3) is 1.00. The largest absolute Gasteiger partial charge is 0.390 e. The average molecular weight is 482 g/mol. The molecule has 0 saturated carbocycles. The molecule has 29 heavy (non-hydrogen) atoms. The van der Waals surface area contributed by atoms with Crippen LogP contribution in [0.15, 0.2) is 0 Å². The van der Waals surface area contributed by atoms with Crippen molar-refractivity contribution >= 4 is 0 Å². The van der Waals surface area contributed by atoms with Gasteiger partial charge in [0.15, 0.2) is 0 Å². The SMILES string of the molecule is OCC(F)(F)C(F)(F)C(F)(F)C(F)(F)C(F)(F)C(F)(F)C(F)(F)C(F)(F)C(F)F. The number of halogens is 18. The summed E-state index contributed by atoms with van der Waals surface area (Å²) >= 11 is 0. The molecule has 0 heterocycles. The van der Waals surface area contributed by atoms with E-state index in [1.165, 1.54) is 0 Å². The Bertz CT molecular complexity index is 591. The molecule has 0 atom stereocenters. The topological polar surface area (TPSA) is 20.2 Å². The summed E-state index contributed by atoms with van der Waals surface area (Å²) < 4.78 is 230. The number of aliphatic hydroxyl groups is 1. The number of hydrogen-bond donors (Lipinski definition) is 1. The molecule has 0 aromatic carbocycles. The highest BCUT2D eigenvalue weighted by Crippen LogP contribution is 2.64. The summed E-state index contributed by atoms with van der Waals surface area (Å²) in [6, 6.07) is 0. The Kier molecular flexibility index (Phi) is 6.55. The summed E-state index contributed by atoms with van der Waals surface area (Å²) in [4.78, 5) is 0. The highest BCUT2D eigenvalue weighted by molar-refractivity contribution is 5.16. The van der Waals surface area contributed by atoms with Gasteiger partial charge in [0.2, 0.25) is 0 Å². The lowest BCUT2D eigenvalue weighted by molar-refractivity contribution is -0.458. The second kappa shape index (κ2) is 6.86. The highest BCUT2D eigenvalue weighted by atomic mass is 19.4. The Morgan fingerprint density at radius 2 is 0.690 bits per heavy atom. The Labute approximate surface area is 146 Å². The zero-order valence-electron chi connectivity index (χ0n) is 12.5. The summed E-state index contributed by atoms with van der Waals surface area (Å²) in [5, 5.41) is 7.77. The molecule has 0 saturated heterocycles. The van der Waals surface area contributed by atoms with Crippen molar-refractivity contribution in [1.29, 1.82) is 0 Å². The normalized spacial score (nSPS) is 16.6. The monoisotopic (exact) mass is 482 g/mol. The van der Waals surface area contributed by atoms with Gasteiger partial charge in [-0.3, -0.25) is 0 Å². The maximum absolute atomic E-state index is 13.1. The molecule has 0 radical (unpaired) electrons. The number of rotatable bonds is 9. The van der Waals surface area contributed by atoms with E-state index < -0.39 is 60.4 Å². The van der Waals surface area contributed by atoms with Gasteiger partial charge in [0.1, 0.15) is 6.61 Å². The highest BCUT2D eigenvalue weighted by Gasteiger charge is 2.95. The van der Waals surface area contributed by atoms with Crippen molar-refractivity contribution in [3.63, 3.8) is 0 Å². The van der Waals surface area contributed by atoms with E-state index in [1.54, 1.807) is 0 Å². The standard InChI is InChI=1S/C10H4F18O/c11-2(12)4(15,16)6(19,20)8(23,24)10(27,28)9(25,26)7(21,22)5(17,18)3(13,14)1-29/h2,29H,1H2. The maximum atomic E-state index is 13.1. The van der Waals surface area contributed by atoms with Gasteiger partial charge in [-0.2, -0.15) is 70.2 Å². The molecule has 0 amide bonds. The molecular weight excluding hydrogens is 478 g/mol. The van der Waals surface area contributed by atoms with E-state index in [4.69, 9.17) is 5.11 Å². The molecule has 0 aliphatic heterocycles. The molecule has 176 valence electrons. The number of hydrogen-bond acceptors (Lipinski definition) is 1. The smallest absolute Gasteiger partial charge is 0.385 e. The first-order chi connectivity index (χ1) is 12.3. The molecule has 1 nitrogen and oxygen atoms in total. The maximum Gasteiger partial charge on any atom is 0.385 e. The van der Waals surface area contributed by atoms with E-state index in [1.807, 2.05) is 0 Å². The average Bonchev–Trinajstić information content (AvgIpc) is 2.53. The first-order valence-electron chi connectivity index (χ1n) is 6.17. The van der Waals surface area contributed by atoms with E-state index in [2.05, 4.69) is 0 Å². The van der Waals surface area contributed by atoms with Crippen LogP contribution in [-0.4, -0.2) is 65.5 Å². The van der Waals surface area contributed by atoms with E-state index in [0.29, 0.717) is 0 Å². The van der Waals surface area contributed by atoms with Crippen LogP contribution in [0.1, 0.15) is 0 Å². The second-order valence-corrected chi connectivity index (χ2v) is 5.23. The van der Waals surface area contributed by atoms with Crippen molar-refractivity contribution in [2.75, 3.05) is 6.61 Å². The quantitative estimate of drug-likeness (QED) is 0.441. The number of alkyl halides is 18. The lowest BCUT2D eigenvalue weighted by Gasteiger charge is -2.43. The summed E-state index contributed by atoms with van der Waals surface area (Å²) in [5.74, 6) is -65.0. The Hall–Kier alpha value is -1.30. The van der Waals surface area contributed by atoms with E-state index >= 15 is 0 Å². The predicted molar refractivity (Wildman–Crippen MR) is 52.7 cm³/mol. The van der Waals surface area contributed by atoms with Crippen LogP contribution < -0.4 is 0 Å². The minimum atomic E-state index is -8.75. The van der Waals surface area contributed by atoms with Gasteiger partial charge in [0.25, 0.3) is 0 Å². The van der Waals surface area contributed by atoms with Crippen molar-refractivity contribution < 1.29 is 84.1 Å². The van der Waals surface area contributed by atoms with Crippen molar-refractivity contribution in [2.24, 2.45) is 0 Å². The minimum Gasteiger partial charge on any atom is -0.390 e. The lowest BCUT2D eigenvalue weighted by atomic mass is 9.87. The van der Waals surface area contributed by atoms with Crippen LogP contribution in [-0.2, 0) is 0 Å². The second-order valence-electron chi connectivity index (χ2n) is 5.23. The van der Waals surface area contributed by atoms with E-state index in [9.17, 15) is 79.0 Å². The summed E-state index contributed by atoms with van der Waals surface area (Å²) in [7, 11) is 0. The van der Waals surface area contributed by atoms with Gasteiger partial charge in [-0.25, -0.2) is 8.78 Å². The third kappa shape index (κ3) is 3.26. The van der Waals surface area contributed by atoms with E-state index in [-0.39, 0.29) is 0 Å². The molecule has 0 aliphatic rings. The molecule has 19 heteroatoms. The Morgan fingerprint density at radius 1 is 0.448 bits per heavy atom. The molecule has 1 N–H and O–H groups in total. The van der Waals surface area contributed by atoms with Crippen molar-refractivity contribution in [1.82, 2.24) is 0 Å². The van der Waals surface area contributed by atoms with Crippen LogP contribution in [0, 0.1) is 0 Å². The molecule has 0 aromatic rings. The van der Waals surface area contributed by atoms with Gasteiger partial charge in [-0.05, 0) is 0 Å². The molecule has 0 bridgehead atoms. The van der Waals surface area contributed by atoms with Crippen LogP contribution in [0.3, 0.4) is 0 Å². The zero-order valence-corrected chi connectivity index (χ0v) is 12.5. The first kappa shape index (κ1) is 27.7. The molecule has 0 aliphatic carbocycles. The molecule has 0 spiro atoms. The Balaban J connectivity index is 6.76. The van der Waals surface area contributed by atoms with Gasteiger partial charge in [-0.1, -0.05) is 0 Å². The molecule has 0 fully saturated rings. The van der Waals surface area contributed by atoms with Crippen LogP contribution in [0.4, 0.5) is 79.0 Å². The van der Waals surface area contributed by atoms with Crippen LogP contribution in [0.2, 0.25) is 0 Å². The number of aliphatic hydroxyl groups excluding tert-OH is 1. The summed E-state index contributed by atoms with van der Waals surface area (Å²) in [6.45, 7) is -3.49. The molecule has 0 rings (SSSR count). The van der Waals surface area contributed by atoms with Crippen LogP contribution in [0.25, 0.3) is 0 Å². The third-order valence-corrected chi connectivity index (χ3v) is 3.32. The molecular formula is C10H4F18O. The van der Waals surface area contributed by atoms with Crippen LogP contribution in [0.5, 0.6) is 0 Å². The van der Waals surface area contributed by atoms with Gasteiger partial charge >= 0.3 is 53.8 Å². The zero-order chi connectivity index (χ0) is 24.3. The molecule has 0 unspecified atom stereocenters. The van der Waals surface area contributed by atoms with E-state index in [0.717, 1.165) is 0 Å². The van der Waals surface area contributed by atoms with Gasteiger partial charge in [0, 0.05) is 0 Å². The van der Waals surface area contributed by atoms with Gasteiger partial charge in [0.05, 0.1) is 0 Å².